The third-order valence-electron chi connectivity index (χ3n) is 5.36. The van der Waals surface area contributed by atoms with Crippen molar-refractivity contribution < 1.29 is 18.0 Å². The molecule has 0 unspecified atom stereocenters. The van der Waals surface area contributed by atoms with Gasteiger partial charge in [-0.3, -0.25) is 9.59 Å². The van der Waals surface area contributed by atoms with Gasteiger partial charge in [0, 0.05) is 35.0 Å². The quantitative estimate of drug-likeness (QED) is 0.428. The van der Waals surface area contributed by atoms with Gasteiger partial charge in [-0.25, -0.2) is 8.42 Å². The normalized spacial score (nSPS) is 11.6. The fraction of sp³-hybridized carbons (Fsp3) is 0.308. The van der Waals surface area contributed by atoms with Crippen LogP contribution in [0.25, 0.3) is 0 Å². The van der Waals surface area contributed by atoms with Gasteiger partial charge in [0.05, 0.1) is 18.0 Å². The molecule has 1 aromatic heterocycles. The Morgan fingerprint density at radius 1 is 0.943 bits per heavy atom. The summed E-state index contributed by atoms with van der Waals surface area (Å²) in [6, 6.07) is 19.2. The number of nitrogens with one attached hydrogen (secondary N) is 1. The van der Waals surface area contributed by atoms with Gasteiger partial charge in [-0.15, -0.1) is 11.3 Å². The molecule has 0 saturated heterocycles. The van der Waals surface area contributed by atoms with Gasteiger partial charge in [-0.1, -0.05) is 30.3 Å². The highest BCUT2D eigenvalue weighted by molar-refractivity contribution is 7.89. The molecule has 0 bridgehead atoms. The van der Waals surface area contributed by atoms with E-state index in [2.05, 4.69) is 5.32 Å². The summed E-state index contributed by atoms with van der Waals surface area (Å²) in [5, 5.41) is 2.62. The number of hydrogen-bond donors (Lipinski definition) is 1. The second kappa shape index (κ2) is 11.6. The first-order valence-electron chi connectivity index (χ1n) is 11.3. The lowest BCUT2D eigenvalue weighted by molar-refractivity contribution is -0.132. The number of aryl methyl sites for hydroxylation is 1. The van der Waals surface area contributed by atoms with Crippen LogP contribution in [0.2, 0.25) is 0 Å². The van der Waals surface area contributed by atoms with Gasteiger partial charge in [0.15, 0.2) is 0 Å². The SMILES string of the molecule is CC(=O)Nc1ccc(S(=O)(=O)N(CC(=O)N(Cc2ccccc2)Cc2ccc(C)s2)C(C)C)cc1. The predicted molar refractivity (Wildman–Crippen MR) is 140 cm³/mol. The lowest BCUT2D eigenvalue weighted by atomic mass is 10.2. The summed E-state index contributed by atoms with van der Waals surface area (Å²) in [5.41, 5.74) is 1.48. The second-order valence-corrected chi connectivity index (χ2v) is 11.9. The summed E-state index contributed by atoms with van der Waals surface area (Å²) in [5.74, 6) is -0.512. The maximum absolute atomic E-state index is 13.5. The Kier molecular flexibility index (Phi) is 8.82. The van der Waals surface area contributed by atoms with Gasteiger partial charge in [-0.05, 0) is 62.7 Å². The highest BCUT2D eigenvalue weighted by Gasteiger charge is 2.31. The molecule has 0 saturated carbocycles. The Morgan fingerprint density at radius 3 is 2.14 bits per heavy atom. The van der Waals surface area contributed by atoms with Crippen LogP contribution in [0.5, 0.6) is 0 Å². The maximum Gasteiger partial charge on any atom is 0.243 e. The van der Waals surface area contributed by atoms with Crippen LogP contribution in [-0.2, 0) is 32.7 Å². The van der Waals surface area contributed by atoms with Crippen molar-refractivity contribution in [2.24, 2.45) is 0 Å². The van der Waals surface area contributed by atoms with E-state index in [4.69, 9.17) is 0 Å². The zero-order valence-corrected chi connectivity index (χ0v) is 22.0. The minimum absolute atomic E-state index is 0.0663. The molecule has 7 nitrogen and oxygen atoms in total. The molecule has 0 aliphatic rings. The molecular formula is C26H31N3O4S2. The van der Waals surface area contributed by atoms with Crippen LogP contribution in [0, 0.1) is 6.92 Å². The number of sulfonamides is 1. The summed E-state index contributed by atoms with van der Waals surface area (Å²) in [6.07, 6.45) is 0. The van der Waals surface area contributed by atoms with Crippen LogP contribution < -0.4 is 5.32 Å². The van der Waals surface area contributed by atoms with E-state index >= 15 is 0 Å². The molecule has 1 N–H and O–H groups in total. The smallest absolute Gasteiger partial charge is 0.243 e. The van der Waals surface area contributed by atoms with E-state index in [9.17, 15) is 18.0 Å². The van der Waals surface area contributed by atoms with Crippen LogP contribution in [0.15, 0.2) is 71.6 Å². The van der Waals surface area contributed by atoms with E-state index in [0.29, 0.717) is 18.8 Å². The van der Waals surface area contributed by atoms with E-state index in [1.54, 1.807) is 30.1 Å². The van der Waals surface area contributed by atoms with Crippen molar-refractivity contribution in [3.8, 4) is 0 Å². The van der Waals surface area contributed by atoms with E-state index in [1.165, 1.54) is 35.5 Å². The van der Waals surface area contributed by atoms with E-state index in [-0.39, 0.29) is 23.3 Å². The Bertz CT molecular complexity index is 1250. The Balaban J connectivity index is 1.84. The first-order valence-corrected chi connectivity index (χ1v) is 13.6. The zero-order valence-electron chi connectivity index (χ0n) is 20.4. The summed E-state index contributed by atoms with van der Waals surface area (Å²) in [6.45, 7) is 7.42. The number of benzene rings is 2. The molecule has 0 fully saturated rings. The summed E-state index contributed by atoms with van der Waals surface area (Å²) >= 11 is 1.62. The lowest BCUT2D eigenvalue weighted by Gasteiger charge is -2.29. The third kappa shape index (κ3) is 7.24. The van der Waals surface area contributed by atoms with Crippen molar-refractivity contribution in [2.45, 2.75) is 51.7 Å². The fourth-order valence-electron chi connectivity index (χ4n) is 3.62. The third-order valence-corrected chi connectivity index (χ3v) is 8.38. The molecule has 0 atom stereocenters. The molecule has 2 aromatic carbocycles. The van der Waals surface area contributed by atoms with Crippen molar-refractivity contribution in [3.05, 3.63) is 82.0 Å². The number of hydrogen-bond acceptors (Lipinski definition) is 5. The molecule has 35 heavy (non-hydrogen) atoms. The average Bonchev–Trinajstić information content (AvgIpc) is 3.21. The van der Waals surface area contributed by atoms with Crippen LogP contribution >= 0.6 is 11.3 Å². The standard InChI is InChI=1S/C26H31N3O4S2/c1-19(2)29(35(32,33)25-14-11-23(12-15-25)27-21(4)30)18-26(31)28(16-22-8-6-5-7-9-22)17-24-13-10-20(3)34-24/h5-15,19H,16-18H2,1-4H3,(H,27,30). The molecule has 3 rings (SSSR count). The Labute approximate surface area is 211 Å². The van der Waals surface area contributed by atoms with Gasteiger partial charge in [0.2, 0.25) is 21.8 Å². The number of carbonyl (C=O) groups excluding carboxylic acids is 2. The molecule has 2 amide bonds. The molecule has 186 valence electrons. The summed E-state index contributed by atoms with van der Waals surface area (Å²) < 4.78 is 28.1. The highest BCUT2D eigenvalue weighted by Crippen LogP contribution is 2.23. The van der Waals surface area contributed by atoms with Crippen molar-refractivity contribution in [3.63, 3.8) is 0 Å². The fourth-order valence-corrected chi connectivity index (χ4v) is 6.11. The van der Waals surface area contributed by atoms with Crippen molar-refractivity contribution in [2.75, 3.05) is 11.9 Å². The Hall–Kier alpha value is -3.01. The summed E-state index contributed by atoms with van der Waals surface area (Å²) in [7, 11) is -3.94. The molecule has 9 heteroatoms. The number of anilines is 1. The molecule has 0 spiro atoms. The maximum atomic E-state index is 13.5. The predicted octanol–water partition coefficient (Wildman–Crippen LogP) is 4.64. The average molecular weight is 514 g/mol. The molecule has 0 radical (unpaired) electrons. The van der Waals surface area contributed by atoms with Gasteiger partial charge < -0.3 is 10.2 Å². The number of nitrogens with zero attached hydrogens (tertiary/aromatic N) is 2. The number of amides is 2. The van der Waals surface area contributed by atoms with Crippen LogP contribution in [0.4, 0.5) is 5.69 Å². The monoisotopic (exact) mass is 513 g/mol. The number of carbonyl (C=O) groups is 2. The van der Waals surface area contributed by atoms with E-state index in [1.807, 2.05) is 49.4 Å². The zero-order chi connectivity index (χ0) is 25.6. The molecule has 3 aromatic rings. The first-order chi connectivity index (χ1) is 16.6. The molecule has 1 heterocycles. The van der Waals surface area contributed by atoms with Gasteiger partial charge in [0.1, 0.15) is 0 Å². The first kappa shape index (κ1) is 26.6. The highest BCUT2D eigenvalue weighted by atomic mass is 32.2. The van der Waals surface area contributed by atoms with Gasteiger partial charge in [-0.2, -0.15) is 4.31 Å². The van der Waals surface area contributed by atoms with Crippen LogP contribution in [0.1, 0.15) is 36.1 Å². The second-order valence-electron chi connectivity index (χ2n) is 8.60. The largest absolute Gasteiger partial charge is 0.332 e. The van der Waals surface area contributed by atoms with Crippen molar-refractivity contribution in [1.82, 2.24) is 9.21 Å². The number of rotatable bonds is 10. The van der Waals surface area contributed by atoms with Crippen LogP contribution in [0.3, 0.4) is 0 Å². The topological polar surface area (TPSA) is 86.8 Å². The van der Waals surface area contributed by atoms with Crippen molar-refractivity contribution >= 4 is 38.9 Å². The molecule has 0 aliphatic carbocycles. The van der Waals surface area contributed by atoms with Crippen LogP contribution in [-0.4, -0.2) is 42.0 Å². The minimum atomic E-state index is -3.94. The van der Waals surface area contributed by atoms with Crippen molar-refractivity contribution in [1.29, 1.82) is 0 Å². The molecule has 0 aliphatic heterocycles. The van der Waals surface area contributed by atoms with E-state index in [0.717, 1.165) is 15.3 Å². The number of thiophene rings is 1. The minimum Gasteiger partial charge on any atom is -0.332 e. The van der Waals surface area contributed by atoms with Gasteiger partial charge >= 0.3 is 0 Å². The van der Waals surface area contributed by atoms with E-state index < -0.39 is 16.1 Å². The summed E-state index contributed by atoms with van der Waals surface area (Å²) in [4.78, 5) is 28.7. The molecular weight excluding hydrogens is 482 g/mol. The Morgan fingerprint density at radius 2 is 1.60 bits per heavy atom. The lowest BCUT2D eigenvalue weighted by Crippen LogP contribution is -2.45. The van der Waals surface area contributed by atoms with Gasteiger partial charge in [0.25, 0.3) is 0 Å².